The number of hydrogen-bond donors (Lipinski definition) is 1. The van der Waals surface area contributed by atoms with Crippen LogP contribution >= 0.6 is 0 Å². The van der Waals surface area contributed by atoms with Crippen LogP contribution in [-0.2, 0) is 4.79 Å². The summed E-state index contributed by atoms with van der Waals surface area (Å²) in [5.74, 6) is 0.00813. The molecular weight excluding hydrogens is 440 g/mol. The van der Waals surface area contributed by atoms with Crippen molar-refractivity contribution in [2.75, 3.05) is 38.5 Å². The first-order valence-electron chi connectivity index (χ1n) is 11.8. The Bertz CT molecular complexity index is 1200. The zero-order valence-electron chi connectivity index (χ0n) is 19.5. The molecule has 3 aromatic rings. The molecule has 5 rings (SSSR count). The number of fused-ring (bicyclic) bond motifs is 1. The molecule has 2 fully saturated rings. The number of carbonyl (C=O) groups is 1. The van der Waals surface area contributed by atoms with E-state index in [1.807, 2.05) is 16.4 Å². The lowest BCUT2D eigenvalue weighted by molar-refractivity contribution is -0.138. The van der Waals surface area contributed by atoms with Crippen LogP contribution in [0.5, 0.6) is 0 Å². The Balaban J connectivity index is 1.38. The molecule has 8 nitrogen and oxygen atoms in total. The Kier molecular flexibility index (Phi) is 6.16. The number of likely N-dealkylation sites (N-methyl/N-ethyl adjacent to an activating group) is 1. The molecule has 10 heteroatoms. The molecule has 0 spiro atoms. The van der Waals surface area contributed by atoms with Gasteiger partial charge in [-0.3, -0.25) is 9.36 Å². The smallest absolute Gasteiger partial charge is 0.225 e. The highest BCUT2D eigenvalue weighted by molar-refractivity contribution is 5.79. The van der Waals surface area contributed by atoms with Gasteiger partial charge >= 0.3 is 0 Å². The number of halogens is 2. The summed E-state index contributed by atoms with van der Waals surface area (Å²) in [5.41, 5.74) is 1.42. The second-order valence-corrected chi connectivity index (χ2v) is 9.31. The molecule has 2 aromatic heterocycles. The highest BCUT2D eigenvalue weighted by Gasteiger charge is 2.33. The molecule has 1 amide bonds. The highest BCUT2D eigenvalue weighted by atomic mass is 19.1. The van der Waals surface area contributed by atoms with E-state index in [4.69, 9.17) is 0 Å². The van der Waals surface area contributed by atoms with E-state index >= 15 is 0 Å². The number of rotatable bonds is 4. The number of anilines is 2. The van der Waals surface area contributed by atoms with Crippen LogP contribution in [-0.4, -0.2) is 68.5 Å². The van der Waals surface area contributed by atoms with Crippen LogP contribution in [0.1, 0.15) is 37.5 Å². The number of piperazine rings is 1. The van der Waals surface area contributed by atoms with Crippen LogP contribution in [0.3, 0.4) is 0 Å². The van der Waals surface area contributed by atoms with Gasteiger partial charge in [-0.1, -0.05) is 0 Å². The maximum atomic E-state index is 14.4. The molecule has 1 saturated heterocycles. The van der Waals surface area contributed by atoms with E-state index in [0.717, 1.165) is 57.9 Å². The van der Waals surface area contributed by atoms with Crippen LogP contribution in [0.4, 0.5) is 20.4 Å². The first-order chi connectivity index (χ1) is 16.4. The molecule has 1 aliphatic heterocycles. The first kappa shape index (κ1) is 22.6. The van der Waals surface area contributed by atoms with Crippen LogP contribution in [0.2, 0.25) is 0 Å². The summed E-state index contributed by atoms with van der Waals surface area (Å²) in [6.07, 6.45) is 4.80. The number of nitrogens with one attached hydrogen (secondary N) is 1. The van der Waals surface area contributed by atoms with Gasteiger partial charge in [0.25, 0.3) is 0 Å². The average Bonchev–Trinajstić information content (AvgIpc) is 3.18. The average molecular weight is 470 g/mol. The van der Waals surface area contributed by atoms with Gasteiger partial charge in [0.1, 0.15) is 23.0 Å². The van der Waals surface area contributed by atoms with E-state index in [9.17, 15) is 13.6 Å². The van der Waals surface area contributed by atoms with Crippen molar-refractivity contribution in [2.24, 2.45) is 5.92 Å². The van der Waals surface area contributed by atoms with Crippen molar-refractivity contribution in [1.29, 1.82) is 0 Å². The normalized spacial score (nSPS) is 21.7. The van der Waals surface area contributed by atoms with E-state index in [-0.39, 0.29) is 23.6 Å². The van der Waals surface area contributed by atoms with Crippen LogP contribution < -0.4 is 5.32 Å². The number of nitrogens with zero attached hydrogens (tertiary/aromatic N) is 6. The molecule has 3 heterocycles. The molecule has 180 valence electrons. The number of aromatic nitrogens is 4. The Hall–Kier alpha value is -3.14. The highest BCUT2D eigenvalue weighted by Crippen LogP contribution is 2.37. The molecule has 0 atom stereocenters. The van der Waals surface area contributed by atoms with Crippen molar-refractivity contribution in [1.82, 2.24) is 29.3 Å². The van der Waals surface area contributed by atoms with Crippen molar-refractivity contribution in [3.8, 4) is 0 Å². The quantitative estimate of drug-likeness (QED) is 0.628. The summed E-state index contributed by atoms with van der Waals surface area (Å²) < 4.78 is 29.7. The van der Waals surface area contributed by atoms with Gasteiger partial charge in [-0.2, -0.15) is 0 Å². The Morgan fingerprint density at radius 3 is 2.50 bits per heavy atom. The molecule has 1 saturated carbocycles. The fraction of sp³-hybridized carbons (Fsp3) is 0.500. The number of carbonyl (C=O) groups excluding carboxylic acids is 1. The van der Waals surface area contributed by atoms with Gasteiger partial charge in [-0.05, 0) is 51.8 Å². The number of aryl methyl sites for hydroxylation is 1. The zero-order chi connectivity index (χ0) is 23.8. The summed E-state index contributed by atoms with van der Waals surface area (Å²) in [5, 5.41) is 3.03. The molecule has 1 aromatic carbocycles. The lowest BCUT2D eigenvalue weighted by Crippen LogP contribution is -2.49. The van der Waals surface area contributed by atoms with Crippen molar-refractivity contribution in [3.05, 3.63) is 41.9 Å². The molecule has 1 aliphatic carbocycles. The predicted octanol–water partition coefficient (Wildman–Crippen LogP) is 3.66. The van der Waals surface area contributed by atoms with Crippen LogP contribution in [0.15, 0.2) is 24.4 Å². The van der Waals surface area contributed by atoms with Crippen molar-refractivity contribution in [2.45, 2.75) is 38.6 Å². The van der Waals surface area contributed by atoms with Crippen molar-refractivity contribution in [3.63, 3.8) is 0 Å². The van der Waals surface area contributed by atoms with Gasteiger partial charge < -0.3 is 15.1 Å². The van der Waals surface area contributed by atoms with Gasteiger partial charge in [0, 0.05) is 44.2 Å². The number of amides is 1. The molecule has 34 heavy (non-hydrogen) atoms. The fourth-order valence-electron chi connectivity index (χ4n) is 4.99. The second-order valence-electron chi connectivity index (χ2n) is 9.31. The van der Waals surface area contributed by atoms with Crippen LogP contribution in [0.25, 0.3) is 11.2 Å². The minimum atomic E-state index is -0.692. The van der Waals surface area contributed by atoms with Gasteiger partial charge in [-0.25, -0.2) is 23.7 Å². The molecular formula is C24H29F2N7O. The van der Waals surface area contributed by atoms with Gasteiger partial charge in [0.2, 0.25) is 11.9 Å². The standard InChI is InChI=1S/C24H29F2N7O/c1-15-27-14-21-22(28-15)33(24(30-21)29-20-8-5-17(25)13-19(20)26)18-6-3-16(4-7-18)23(34)32-11-9-31(2)10-12-32/h5,8,13-14,16,18H,3-4,6-7,9-12H2,1-2H3,(H,29,30). The van der Waals surface area contributed by atoms with E-state index in [1.54, 1.807) is 6.20 Å². The lowest BCUT2D eigenvalue weighted by atomic mass is 9.85. The maximum absolute atomic E-state index is 14.4. The maximum Gasteiger partial charge on any atom is 0.225 e. The monoisotopic (exact) mass is 469 g/mol. The molecule has 0 unspecified atom stereocenters. The minimum Gasteiger partial charge on any atom is -0.340 e. The summed E-state index contributed by atoms with van der Waals surface area (Å²) in [7, 11) is 2.08. The van der Waals surface area contributed by atoms with Gasteiger partial charge in [0.05, 0.1) is 11.9 Å². The summed E-state index contributed by atoms with van der Waals surface area (Å²) in [6.45, 7) is 5.21. The van der Waals surface area contributed by atoms with Gasteiger partial charge in [-0.15, -0.1) is 0 Å². The van der Waals surface area contributed by atoms with Crippen molar-refractivity contribution >= 4 is 28.7 Å². The molecule has 0 bridgehead atoms. The third kappa shape index (κ3) is 4.46. The SMILES string of the molecule is Cc1ncc2nc(Nc3ccc(F)cc3F)n(C3CCC(C(=O)N4CCN(C)CC4)CC3)c2n1. The first-order valence-corrected chi connectivity index (χ1v) is 11.8. The summed E-state index contributed by atoms with van der Waals surface area (Å²) >= 11 is 0. The lowest BCUT2D eigenvalue weighted by Gasteiger charge is -2.37. The second kappa shape index (κ2) is 9.25. The summed E-state index contributed by atoms with van der Waals surface area (Å²) in [6, 6.07) is 3.46. The third-order valence-electron chi connectivity index (χ3n) is 6.96. The Morgan fingerprint density at radius 2 is 1.79 bits per heavy atom. The predicted molar refractivity (Wildman–Crippen MR) is 125 cm³/mol. The van der Waals surface area contributed by atoms with E-state index in [1.165, 1.54) is 12.1 Å². The number of imidazole rings is 1. The largest absolute Gasteiger partial charge is 0.340 e. The number of benzene rings is 1. The molecule has 2 aliphatic rings. The minimum absolute atomic E-state index is 0.0248. The topological polar surface area (TPSA) is 79.2 Å². The Morgan fingerprint density at radius 1 is 1.06 bits per heavy atom. The molecule has 1 N–H and O–H groups in total. The van der Waals surface area contributed by atoms with Gasteiger partial charge in [0.15, 0.2) is 5.65 Å². The fourth-order valence-corrected chi connectivity index (χ4v) is 4.99. The third-order valence-corrected chi connectivity index (χ3v) is 6.96. The van der Waals surface area contributed by atoms with E-state index in [2.05, 4.69) is 32.2 Å². The zero-order valence-corrected chi connectivity index (χ0v) is 19.5. The van der Waals surface area contributed by atoms with E-state index in [0.29, 0.717) is 22.9 Å². The number of hydrogen-bond acceptors (Lipinski definition) is 6. The van der Waals surface area contributed by atoms with E-state index < -0.39 is 11.6 Å². The van der Waals surface area contributed by atoms with Crippen molar-refractivity contribution < 1.29 is 13.6 Å². The van der Waals surface area contributed by atoms with Crippen LogP contribution in [0, 0.1) is 24.5 Å². The molecule has 0 radical (unpaired) electrons. The Labute approximate surface area is 197 Å². The summed E-state index contributed by atoms with van der Waals surface area (Å²) in [4.78, 5) is 30.8.